The molecule has 2 heterocycles. The molecule has 29 heavy (non-hydrogen) atoms. The highest BCUT2D eigenvalue weighted by Gasteiger charge is 2.27. The number of aromatic nitrogens is 1. The maximum atomic E-state index is 12.7. The summed E-state index contributed by atoms with van der Waals surface area (Å²) in [7, 11) is 1.54. The minimum absolute atomic E-state index is 0.0671. The molecule has 1 aromatic heterocycles. The number of hydrogen-bond acceptors (Lipinski definition) is 6. The first-order chi connectivity index (χ1) is 13.9. The average molecular weight is 437 g/mol. The maximum absolute atomic E-state index is 12.7. The van der Waals surface area contributed by atoms with Crippen LogP contribution in [0.3, 0.4) is 0 Å². The molecular formula is C20H25ClN4O3S. The van der Waals surface area contributed by atoms with Crippen LogP contribution in [0.4, 0.5) is 10.8 Å². The molecule has 1 atom stereocenters. The van der Waals surface area contributed by atoms with E-state index < -0.39 is 0 Å². The van der Waals surface area contributed by atoms with E-state index in [1.165, 1.54) is 11.3 Å². The highest BCUT2D eigenvalue weighted by Crippen LogP contribution is 2.28. The molecule has 7 nitrogen and oxygen atoms in total. The number of piperidine rings is 1. The molecule has 0 saturated carbocycles. The molecule has 2 amide bonds. The summed E-state index contributed by atoms with van der Waals surface area (Å²) >= 11 is 7.59. The van der Waals surface area contributed by atoms with Crippen molar-refractivity contribution < 1.29 is 14.3 Å². The van der Waals surface area contributed by atoms with E-state index in [4.69, 9.17) is 16.3 Å². The van der Waals surface area contributed by atoms with Crippen molar-refractivity contribution in [2.45, 2.75) is 26.7 Å². The van der Waals surface area contributed by atoms with Crippen molar-refractivity contribution in [2.75, 3.05) is 37.4 Å². The highest BCUT2D eigenvalue weighted by atomic mass is 35.5. The number of ether oxygens (including phenoxy) is 1. The fourth-order valence-electron chi connectivity index (χ4n) is 3.29. The second kappa shape index (κ2) is 9.56. The lowest BCUT2D eigenvalue weighted by molar-refractivity contribution is -0.123. The van der Waals surface area contributed by atoms with E-state index in [0.717, 1.165) is 30.0 Å². The average Bonchev–Trinajstić information content (AvgIpc) is 2.99. The van der Waals surface area contributed by atoms with Gasteiger partial charge in [0, 0.05) is 17.1 Å². The molecule has 0 aliphatic carbocycles. The molecule has 2 N–H and O–H groups in total. The third kappa shape index (κ3) is 5.68. The molecule has 3 rings (SSSR count). The minimum Gasteiger partial charge on any atom is -0.495 e. The summed E-state index contributed by atoms with van der Waals surface area (Å²) in [6.45, 7) is 5.48. The number of benzene rings is 1. The van der Waals surface area contributed by atoms with Gasteiger partial charge in [-0.25, -0.2) is 4.98 Å². The quantitative estimate of drug-likeness (QED) is 0.721. The molecular weight excluding hydrogens is 412 g/mol. The van der Waals surface area contributed by atoms with Gasteiger partial charge >= 0.3 is 0 Å². The van der Waals surface area contributed by atoms with Gasteiger partial charge in [-0.15, -0.1) is 11.3 Å². The predicted molar refractivity (Wildman–Crippen MR) is 116 cm³/mol. The number of likely N-dealkylation sites (tertiary alicyclic amines) is 1. The first-order valence-corrected chi connectivity index (χ1v) is 10.7. The number of hydrogen-bond donors (Lipinski definition) is 2. The zero-order valence-corrected chi connectivity index (χ0v) is 18.3. The first-order valence-electron chi connectivity index (χ1n) is 9.46. The molecule has 0 radical (unpaired) electrons. The van der Waals surface area contributed by atoms with E-state index in [1.54, 1.807) is 25.3 Å². The Morgan fingerprint density at radius 2 is 2.14 bits per heavy atom. The van der Waals surface area contributed by atoms with Crippen LogP contribution in [0.5, 0.6) is 5.75 Å². The number of anilines is 2. The van der Waals surface area contributed by atoms with E-state index in [9.17, 15) is 9.59 Å². The number of nitrogens with one attached hydrogen (secondary N) is 2. The lowest BCUT2D eigenvalue weighted by Gasteiger charge is -2.31. The zero-order valence-electron chi connectivity index (χ0n) is 16.8. The first kappa shape index (κ1) is 21.5. The van der Waals surface area contributed by atoms with Crippen molar-refractivity contribution in [1.82, 2.24) is 9.88 Å². The number of nitrogens with zero attached hydrogens (tertiary/aromatic N) is 2. The third-order valence-corrected chi connectivity index (χ3v) is 6.22. The number of halogens is 1. The summed E-state index contributed by atoms with van der Waals surface area (Å²) in [5.74, 6) is 0.205. The van der Waals surface area contributed by atoms with Gasteiger partial charge in [-0.3, -0.25) is 14.5 Å². The van der Waals surface area contributed by atoms with Crippen LogP contribution in [0, 0.1) is 19.8 Å². The Morgan fingerprint density at radius 1 is 1.34 bits per heavy atom. The normalized spacial score (nSPS) is 17.0. The third-order valence-electron chi connectivity index (χ3n) is 4.94. The Labute approximate surface area is 179 Å². The number of methoxy groups -OCH3 is 1. The lowest BCUT2D eigenvalue weighted by Crippen LogP contribution is -2.43. The van der Waals surface area contributed by atoms with Gasteiger partial charge in [-0.1, -0.05) is 11.6 Å². The highest BCUT2D eigenvalue weighted by molar-refractivity contribution is 7.15. The van der Waals surface area contributed by atoms with Crippen LogP contribution in [-0.4, -0.2) is 48.4 Å². The van der Waals surface area contributed by atoms with E-state index >= 15 is 0 Å². The van der Waals surface area contributed by atoms with Crippen molar-refractivity contribution in [3.63, 3.8) is 0 Å². The minimum atomic E-state index is -0.179. The molecule has 1 aliphatic heterocycles. The number of aryl methyl sites for hydroxylation is 2. The predicted octanol–water partition coefficient (Wildman–Crippen LogP) is 3.71. The van der Waals surface area contributed by atoms with E-state index in [0.29, 0.717) is 28.1 Å². The zero-order chi connectivity index (χ0) is 21.0. The molecule has 1 unspecified atom stereocenters. The Balaban J connectivity index is 1.53. The van der Waals surface area contributed by atoms with Crippen LogP contribution in [0.1, 0.15) is 23.4 Å². The van der Waals surface area contributed by atoms with E-state index in [2.05, 4.69) is 15.6 Å². The van der Waals surface area contributed by atoms with Gasteiger partial charge in [0.15, 0.2) is 5.13 Å². The molecule has 0 bridgehead atoms. The van der Waals surface area contributed by atoms with Crippen molar-refractivity contribution >= 4 is 45.6 Å². The molecule has 1 aromatic carbocycles. The molecule has 9 heteroatoms. The Bertz CT molecular complexity index is 882. The molecule has 1 aliphatic rings. The number of carbonyl (C=O) groups excluding carboxylic acids is 2. The number of carbonyl (C=O) groups is 2. The number of rotatable bonds is 6. The smallest absolute Gasteiger partial charge is 0.240 e. The van der Waals surface area contributed by atoms with Gasteiger partial charge in [0.05, 0.1) is 30.3 Å². The van der Waals surface area contributed by atoms with Crippen LogP contribution in [-0.2, 0) is 9.59 Å². The standard InChI is InChI=1S/C20H25ClN4O3S/c1-12-13(2)29-20(22-12)24-18(26)11-25-8-4-5-14(10-25)19(27)23-15-6-7-17(28-3)16(21)9-15/h6-7,9,14H,4-5,8,10-11H2,1-3H3,(H,23,27)(H,22,24,26). The van der Waals surface area contributed by atoms with E-state index in [1.807, 2.05) is 18.7 Å². The van der Waals surface area contributed by atoms with E-state index in [-0.39, 0.29) is 24.3 Å². The summed E-state index contributed by atoms with van der Waals surface area (Å²) in [6, 6.07) is 5.15. The molecule has 1 fully saturated rings. The van der Waals surface area contributed by atoms with Crippen molar-refractivity contribution in [3.8, 4) is 5.75 Å². The van der Waals surface area contributed by atoms with Crippen LogP contribution in [0.25, 0.3) is 0 Å². The van der Waals surface area contributed by atoms with Crippen LogP contribution in [0.2, 0.25) is 5.02 Å². The SMILES string of the molecule is COc1ccc(NC(=O)C2CCCN(CC(=O)Nc3nc(C)c(C)s3)C2)cc1Cl. The fourth-order valence-corrected chi connectivity index (χ4v) is 4.38. The number of thiazole rings is 1. The van der Waals surface area contributed by atoms with Gasteiger partial charge in [-0.2, -0.15) is 0 Å². The summed E-state index contributed by atoms with van der Waals surface area (Å²) in [6.07, 6.45) is 1.66. The lowest BCUT2D eigenvalue weighted by atomic mass is 9.97. The van der Waals surface area contributed by atoms with Crippen LogP contribution in [0.15, 0.2) is 18.2 Å². The molecule has 2 aromatic rings. The molecule has 0 spiro atoms. The maximum Gasteiger partial charge on any atom is 0.240 e. The van der Waals surface area contributed by atoms with Gasteiger partial charge in [-0.05, 0) is 51.4 Å². The second-order valence-electron chi connectivity index (χ2n) is 7.12. The van der Waals surface area contributed by atoms with Crippen molar-refractivity contribution in [2.24, 2.45) is 5.92 Å². The monoisotopic (exact) mass is 436 g/mol. The van der Waals surface area contributed by atoms with Crippen molar-refractivity contribution in [1.29, 1.82) is 0 Å². The Hall–Kier alpha value is -2.16. The fraction of sp³-hybridized carbons (Fsp3) is 0.450. The summed E-state index contributed by atoms with van der Waals surface area (Å²) in [5, 5.41) is 6.83. The largest absolute Gasteiger partial charge is 0.495 e. The van der Waals surface area contributed by atoms with Gasteiger partial charge in [0.25, 0.3) is 0 Å². The molecule has 1 saturated heterocycles. The Morgan fingerprint density at radius 3 is 2.79 bits per heavy atom. The summed E-state index contributed by atoms with van der Waals surface area (Å²) in [4.78, 5) is 32.5. The number of amides is 2. The Kier molecular flexibility index (Phi) is 7.10. The summed E-state index contributed by atoms with van der Waals surface area (Å²) in [5.41, 5.74) is 1.56. The van der Waals surface area contributed by atoms with Gasteiger partial charge in [0.1, 0.15) is 5.75 Å². The summed E-state index contributed by atoms with van der Waals surface area (Å²) < 4.78 is 5.13. The molecule has 156 valence electrons. The van der Waals surface area contributed by atoms with Gasteiger partial charge < -0.3 is 15.4 Å². The van der Waals surface area contributed by atoms with Crippen molar-refractivity contribution in [3.05, 3.63) is 33.8 Å². The van der Waals surface area contributed by atoms with Gasteiger partial charge in [0.2, 0.25) is 11.8 Å². The topological polar surface area (TPSA) is 83.6 Å². The van der Waals surface area contributed by atoms with Crippen LogP contribution >= 0.6 is 22.9 Å². The second-order valence-corrected chi connectivity index (χ2v) is 8.73. The van der Waals surface area contributed by atoms with Crippen LogP contribution < -0.4 is 15.4 Å².